The van der Waals surface area contributed by atoms with E-state index in [0.717, 1.165) is 0 Å². The van der Waals surface area contributed by atoms with Crippen molar-refractivity contribution >= 4 is 52.4 Å². The van der Waals surface area contributed by atoms with Crippen LogP contribution >= 0.6 is 46.4 Å². The average molecular weight is 266 g/mol. The van der Waals surface area contributed by atoms with Crippen molar-refractivity contribution in [3.63, 3.8) is 0 Å². The molecule has 0 spiro atoms. The summed E-state index contributed by atoms with van der Waals surface area (Å²) in [4.78, 5) is 10.9. The number of hydrogen-bond acceptors (Lipinski definition) is 2. The van der Waals surface area contributed by atoms with Gasteiger partial charge in [-0.2, -0.15) is 0 Å². The Morgan fingerprint density at radius 1 is 1.54 bits per heavy atom. The maximum absolute atomic E-state index is 10.9. The van der Waals surface area contributed by atoms with Crippen LogP contribution in [0.15, 0.2) is 12.2 Å². The molecule has 0 aromatic heterocycles. The molecule has 1 atom stereocenters. The molecule has 13 heavy (non-hydrogen) atoms. The molecule has 2 nitrogen and oxygen atoms in total. The molecule has 0 aliphatic rings. The highest BCUT2D eigenvalue weighted by Crippen LogP contribution is 2.33. The second kappa shape index (κ2) is 5.30. The predicted octanol–water partition coefficient (Wildman–Crippen LogP) is 3.43. The molecule has 6 heteroatoms. The molecule has 0 aliphatic carbocycles. The van der Waals surface area contributed by atoms with Crippen LogP contribution < -0.4 is 0 Å². The molecule has 1 unspecified atom stereocenters. The van der Waals surface area contributed by atoms with Gasteiger partial charge in [0.1, 0.15) is 0 Å². The molecule has 0 saturated carbocycles. The second-order valence-corrected chi connectivity index (χ2v) is 5.42. The minimum Gasteiger partial charge on any atom is -0.442 e. The third kappa shape index (κ3) is 7.44. The molecule has 0 saturated heterocycles. The summed E-state index contributed by atoms with van der Waals surface area (Å²) >= 11 is 21.8. The zero-order valence-corrected chi connectivity index (χ0v) is 9.84. The predicted molar refractivity (Wildman–Crippen MR) is 55.5 cm³/mol. The van der Waals surface area contributed by atoms with Crippen LogP contribution in [0.5, 0.6) is 0 Å². The van der Waals surface area contributed by atoms with Crippen LogP contribution in [0, 0.1) is 0 Å². The van der Waals surface area contributed by atoms with E-state index in [2.05, 4.69) is 11.3 Å². The molecule has 0 N–H and O–H groups in total. The Bertz CT molecular complexity index is 209. The topological polar surface area (TPSA) is 26.3 Å². The zero-order chi connectivity index (χ0) is 10.6. The highest BCUT2D eigenvalue weighted by molar-refractivity contribution is 6.67. The van der Waals surface area contributed by atoms with Crippen molar-refractivity contribution in [2.24, 2.45) is 0 Å². The quantitative estimate of drug-likeness (QED) is 0.444. The Hall–Kier alpha value is 0.370. The fraction of sp³-hybridized carbons (Fsp3) is 0.571. The first-order valence-electron chi connectivity index (χ1n) is 3.29. The zero-order valence-electron chi connectivity index (χ0n) is 6.82. The largest absolute Gasteiger partial charge is 0.442 e. The molecule has 76 valence electrons. The van der Waals surface area contributed by atoms with Gasteiger partial charge in [0.2, 0.25) is 0 Å². The smallest absolute Gasteiger partial charge is 0.334 e. The standard InChI is InChI=1S/C7H8Cl4O2/c1-4(2)6(12)13-5(8)3-7(9,10)11/h5H,1,3H2,2H3. The SMILES string of the molecule is C=C(C)C(=O)OC(Cl)CC(Cl)(Cl)Cl. The van der Waals surface area contributed by atoms with E-state index < -0.39 is 15.3 Å². The van der Waals surface area contributed by atoms with Gasteiger partial charge in [0.15, 0.2) is 9.36 Å². The first-order chi connectivity index (χ1) is 5.72. The second-order valence-electron chi connectivity index (χ2n) is 2.41. The van der Waals surface area contributed by atoms with E-state index >= 15 is 0 Å². The van der Waals surface area contributed by atoms with Gasteiger partial charge < -0.3 is 4.74 Å². The maximum atomic E-state index is 10.9. The van der Waals surface area contributed by atoms with Gasteiger partial charge in [-0.3, -0.25) is 0 Å². The number of hydrogen-bond donors (Lipinski definition) is 0. The van der Waals surface area contributed by atoms with Gasteiger partial charge in [-0.25, -0.2) is 4.79 Å². The van der Waals surface area contributed by atoms with Crippen molar-refractivity contribution in [1.29, 1.82) is 0 Å². The molecule has 0 radical (unpaired) electrons. The van der Waals surface area contributed by atoms with Crippen LogP contribution in [-0.2, 0) is 9.53 Å². The first kappa shape index (κ1) is 13.4. The lowest BCUT2D eigenvalue weighted by Gasteiger charge is -2.15. The van der Waals surface area contributed by atoms with Gasteiger partial charge in [0.25, 0.3) is 0 Å². The van der Waals surface area contributed by atoms with E-state index in [1.165, 1.54) is 6.92 Å². The van der Waals surface area contributed by atoms with Crippen molar-refractivity contribution in [2.75, 3.05) is 0 Å². The lowest BCUT2D eigenvalue weighted by atomic mass is 10.4. The van der Waals surface area contributed by atoms with Crippen molar-refractivity contribution in [2.45, 2.75) is 22.7 Å². The highest BCUT2D eigenvalue weighted by Gasteiger charge is 2.26. The maximum Gasteiger partial charge on any atom is 0.334 e. The third-order valence-corrected chi connectivity index (χ3v) is 1.68. The van der Waals surface area contributed by atoms with E-state index in [4.69, 9.17) is 46.4 Å². The van der Waals surface area contributed by atoms with Crippen molar-refractivity contribution in [3.8, 4) is 0 Å². The molecule has 0 aromatic rings. The summed E-state index contributed by atoms with van der Waals surface area (Å²) in [6.07, 6.45) is -0.0712. The Morgan fingerprint density at radius 2 is 2.00 bits per heavy atom. The van der Waals surface area contributed by atoms with E-state index in [-0.39, 0.29) is 12.0 Å². The number of ether oxygens (including phenoxy) is 1. The minimum absolute atomic E-state index is 0.0712. The minimum atomic E-state index is -1.53. The van der Waals surface area contributed by atoms with Crippen molar-refractivity contribution < 1.29 is 9.53 Å². The van der Waals surface area contributed by atoms with Crippen molar-refractivity contribution in [3.05, 3.63) is 12.2 Å². The lowest BCUT2D eigenvalue weighted by molar-refractivity contribution is -0.140. The number of rotatable bonds is 3. The fourth-order valence-electron chi connectivity index (χ4n) is 0.440. The number of halogens is 4. The summed E-state index contributed by atoms with van der Waals surface area (Å²) in [5.41, 5.74) is -0.716. The summed E-state index contributed by atoms with van der Waals surface area (Å²) < 4.78 is 3.14. The number of carbonyl (C=O) groups excluding carboxylic acids is 1. The van der Waals surface area contributed by atoms with E-state index in [1.54, 1.807) is 0 Å². The number of carbonyl (C=O) groups is 1. The van der Waals surface area contributed by atoms with Gasteiger partial charge in [-0.1, -0.05) is 53.0 Å². The summed E-state index contributed by atoms with van der Waals surface area (Å²) in [5, 5.41) is 0. The van der Waals surface area contributed by atoms with Gasteiger partial charge in [0.05, 0.1) is 0 Å². The Kier molecular flexibility index (Phi) is 5.45. The first-order valence-corrected chi connectivity index (χ1v) is 4.86. The average Bonchev–Trinajstić information content (AvgIpc) is 1.81. The summed E-state index contributed by atoms with van der Waals surface area (Å²) in [6.45, 7) is 4.87. The molecular formula is C7H8Cl4O2. The summed E-state index contributed by atoms with van der Waals surface area (Å²) in [7, 11) is 0. The molecule has 0 amide bonds. The van der Waals surface area contributed by atoms with E-state index in [9.17, 15) is 4.79 Å². The molecule has 0 rings (SSSR count). The lowest BCUT2D eigenvalue weighted by Crippen LogP contribution is -2.19. The summed E-state index contributed by atoms with van der Waals surface area (Å²) in [5.74, 6) is -0.603. The van der Waals surface area contributed by atoms with Crippen LogP contribution in [0.2, 0.25) is 0 Å². The van der Waals surface area contributed by atoms with Gasteiger partial charge in [0, 0.05) is 12.0 Å². The molecule has 0 aromatic carbocycles. The van der Waals surface area contributed by atoms with Crippen LogP contribution in [0.1, 0.15) is 13.3 Å². The third-order valence-electron chi connectivity index (χ3n) is 0.975. The van der Waals surface area contributed by atoms with Crippen LogP contribution in [0.25, 0.3) is 0 Å². The molecule has 0 bridgehead atoms. The molecule has 0 aliphatic heterocycles. The fourth-order valence-corrected chi connectivity index (χ4v) is 1.41. The summed E-state index contributed by atoms with van der Waals surface area (Å²) in [6, 6.07) is 0. The normalized spacial score (nSPS) is 13.6. The molecular weight excluding hydrogens is 258 g/mol. The van der Waals surface area contributed by atoms with Crippen LogP contribution in [0.3, 0.4) is 0 Å². The van der Waals surface area contributed by atoms with Gasteiger partial charge in [-0.05, 0) is 6.92 Å². The Labute approximate surface area is 96.7 Å². The van der Waals surface area contributed by atoms with Crippen molar-refractivity contribution in [1.82, 2.24) is 0 Å². The molecule has 0 heterocycles. The number of alkyl halides is 4. The van der Waals surface area contributed by atoms with Gasteiger partial charge in [-0.15, -0.1) is 0 Å². The Morgan fingerprint density at radius 3 is 2.31 bits per heavy atom. The number of esters is 1. The van der Waals surface area contributed by atoms with Crippen LogP contribution in [-0.4, -0.2) is 15.3 Å². The Balaban J connectivity index is 3.95. The highest BCUT2D eigenvalue weighted by atomic mass is 35.6. The molecule has 0 fully saturated rings. The monoisotopic (exact) mass is 264 g/mol. The van der Waals surface area contributed by atoms with Gasteiger partial charge >= 0.3 is 5.97 Å². The van der Waals surface area contributed by atoms with Crippen LogP contribution in [0.4, 0.5) is 0 Å². The van der Waals surface area contributed by atoms with E-state index in [1.807, 2.05) is 0 Å². The van der Waals surface area contributed by atoms with E-state index in [0.29, 0.717) is 0 Å².